The Hall–Kier alpha value is -4.07. The van der Waals surface area contributed by atoms with Crippen LogP contribution in [0.1, 0.15) is 66.2 Å². The Morgan fingerprint density at radius 1 is 0.764 bits per heavy atom. The second-order valence-electron chi connectivity index (χ2n) is 13.7. The molecular weight excluding hydrogens is 702 g/mol. The Labute approximate surface area is 326 Å². The van der Waals surface area contributed by atoms with Crippen LogP contribution >= 0.6 is 0 Å². The molecule has 6 N–H and O–H groups in total. The van der Waals surface area contributed by atoms with Gasteiger partial charge in [-0.1, -0.05) is 136 Å². The summed E-state index contributed by atoms with van der Waals surface area (Å²) >= 11 is 0. The molecule has 11 heteroatoms. The monoisotopic (exact) mass is 763 g/mol. The van der Waals surface area contributed by atoms with Crippen molar-refractivity contribution >= 4 is 17.5 Å². The molecule has 0 aromatic rings. The molecular formula is C44H61NO10. The van der Waals surface area contributed by atoms with E-state index in [1.165, 1.54) is 12.2 Å². The summed E-state index contributed by atoms with van der Waals surface area (Å²) in [5.74, 6) is -1.47. The Bertz CT molecular complexity index is 1470. The van der Waals surface area contributed by atoms with E-state index < -0.39 is 54.9 Å². The third-order valence-electron chi connectivity index (χ3n) is 9.25. The quantitative estimate of drug-likeness (QED) is 0.0296. The van der Waals surface area contributed by atoms with E-state index >= 15 is 0 Å². The molecule has 10 unspecified atom stereocenters. The molecule has 0 bridgehead atoms. The molecule has 0 aromatic carbocycles. The molecule has 1 saturated heterocycles. The van der Waals surface area contributed by atoms with Crippen LogP contribution in [0.25, 0.3) is 0 Å². The highest BCUT2D eigenvalue weighted by molar-refractivity contribution is 6.14. The highest BCUT2D eigenvalue weighted by atomic mass is 16.7. The molecule has 1 aliphatic heterocycles. The van der Waals surface area contributed by atoms with Crippen molar-refractivity contribution in [3.63, 3.8) is 0 Å². The van der Waals surface area contributed by atoms with Gasteiger partial charge in [-0.05, 0) is 32.6 Å². The second-order valence-corrected chi connectivity index (χ2v) is 13.7. The van der Waals surface area contributed by atoms with Gasteiger partial charge >= 0.3 is 0 Å². The molecule has 2 rings (SSSR count). The zero-order valence-corrected chi connectivity index (χ0v) is 32.4. The zero-order chi connectivity index (χ0) is 40.6. The molecule has 0 aromatic heterocycles. The lowest BCUT2D eigenvalue weighted by molar-refractivity contribution is -0.303. The van der Waals surface area contributed by atoms with E-state index in [9.17, 15) is 39.9 Å². The number of ketones is 2. The molecule has 55 heavy (non-hydrogen) atoms. The molecule has 2 fully saturated rings. The van der Waals surface area contributed by atoms with Crippen molar-refractivity contribution in [2.24, 2.45) is 11.8 Å². The van der Waals surface area contributed by atoms with Crippen molar-refractivity contribution in [3.8, 4) is 0 Å². The third kappa shape index (κ3) is 18.0. The minimum Gasteiger partial charge on any atom is -0.392 e. The number of allylic oxidation sites excluding steroid dienone is 16. The van der Waals surface area contributed by atoms with Crippen LogP contribution in [0.5, 0.6) is 0 Å². The van der Waals surface area contributed by atoms with Gasteiger partial charge in [0.1, 0.15) is 24.4 Å². The van der Waals surface area contributed by atoms with Crippen LogP contribution in [0, 0.1) is 11.8 Å². The summed E-state index contributed by atoms with van der Waals surface area (Å²) in [4.78, 5) is 35.0. The van der Waals surface area contributed by atoms with E-state index in [4.69, 9.17) is 9.47 Å². The number of hydrogen-bond acceptors (Lipinski definition) is 10. The molecule has 1 heterocycles. The fourth-order valence-corrected chi connectivity index (χ4v) is 5.62. The average Bonchev–Trinajstić information content (AvgIpc) is 3.48. The summed E-state index contributed by atoms with van der Waals surface area (Å²) in [6.07, 6.45) is 32.2. The van der Waals surface area contributed by atoms with Crippen LogP contribution in [-0.4, -0.2) is 98.1 Å². The van der Waals surface area contributed by atoms with Gasteiger partial charge in [0.2, 0.25) is 5.91 Å². The lowest BCUT2D eigenvalue weighted by atomic mass is 9.88. The summed E-state index contributed by atoms with van der Waals surface area (Å²) in [5, 5.41) is 53.7. The van der Waals surface area contributed by atoms with Crippen LogP contribution in [0.15, 0.2) is 122 Å². The molecule has 2 aliphatic rings. The maximum atomic E-state index is 11.8. The largest absolute Gasteiger partial charge is 0.392 e. The van der Waals surface area contributed by atoms with Crippen molar-refractivity contribution in [3.05, 3.63) is 122 Å². The summed E-state index contributed by atoms with van der Waals surface area (Å²) in [6, 6.07) is -1.01. The number of unbranched alkanes of at least 4 members (excludes halogenated alkanes) is 1. The Morgan fingerprint density at radius 2 is 1.31 bits per heavy atom. The number of carbonyl (C=O) groups is 3. The number of amides is 1. The summed E-state index contributed by atoms with van der Waals surface area (Å²) in [7, 11) is 0. The second kappa shape index (κ2) is 26.7. The van der Waals surface area contributed by atoms with Crippen molar-refractivity contribution in [1.82, 2.24) is 5.32 Å². The fraction of sp³-hybridized carbons (Fsp3) is 0.477. The number of rotatable bonds is 22. The van der Waals surface area contributed by atoms with E-state index in [0.29, 0.717) is 12.8 Å². The first-order valence-electron chi connectivity index (χ1n) is 19.1. The van der Waals surface area contributed by atoms with Gasteiger partial charge in [0.05, 0.1) is 24.4 Å². The lowest BCUT2D eigenvalue weighted by Gasteiger charge is -2.40. The van der Waals surface area contributed by atoms with Crippen LogP contribution in [0.4, 0.5) is 0 Å². The van der Waals surface area contributed by atoms with Crippen LogP contribution in [0.3, 0.4) is 0 Å². The molecule has 0 radical (unpaired) electrons. The topological polar surface area (TPSA) is 183 Å². The Balaban J connectivity index is 1.61. The Morgan fingerprint density at radius 3 is 1.93 bits per heavy atom. The number of ether oxygens (including phenoxy) is 2. The smallest absolute Gasteiger partial charge is 0.244 e. The van der Waals surface area contributed by atoms with E-state index in [0.717, 1.165) is 12.8 Å². The summed E-state index contributed by atoms with van der Waals surface area (Å²) in [5.41, 5.74) is 0. The van der Waals surface area contributed by atoms with Crippen molar-refractivity contribution < 1.29 is 49.4 Å². The summed E-state index contributed by atoms with van der Waals surface area (Å²) in [6.45, 7) is 7.32. The van der Waals surface area contributed by atoms with Gasteiger partial charge < -0.3 is 40.3 Å². The number of hydrogen-bond donors (Lipinski definition) is 6. The van der Waals surface area contributed by atoms with Gasteiger partial charge in [0.25, 0.3) is 0 Å². The SMILES string of the molecule is CCC(CC=CC=CC=CC=CC=CC(O)C(C)C(O)C(C)C=CCCC=C/C=C/C=CC=CC(=O)NC1C(=O)CCC1=O)OC1OC(C)C(O)C(O)C1O. The van der Waals surface area contributed by atoms with Crippen LogP contribution < -0.4 is 5.32 Å². The molecule has 1 aliphatic carbocycles. The maximum Gasteiger partial charge on any atom is 0.244 e. The highest BCUT2D eigenvalue weighted by Crippen LogP contribution is 2.24. The van der Waals surface area contributed by atoms with Crippen molar-refractivity contribution in [2.45, 2.75) is 121 Å². The number of nitrogens with one attached hydrogen (secondary N) is 1. The van der Waals surface area contributed by atoms with E-state index in [2.05, 4.69) is 5.32 Å². The molecule has 0 spiro atoms. The van der Waals surface area contributed by atoms with Crippen molar-refractivity contribution in [1.29, 1.82) is 0 Å². The predicted octanol–water partition coefficient (Wildman–Crippen LogP) is 4.75. The minimum absolute atomic E-state index is 0.132. The number of aliphatic hydroxyl groups excluding tert-OH is 5. The number of aliphatic hydroxyl groups is 5. The minimum atomic E-state index is -1.32. The fourth-order valence-electron chi connectivity index (χ4n) is 5.62. The third-order valence-corrected chi connectivity index (χ3v) is 9.25. The molecule has 10 atom stereocenters. The predicted molar refractivity (Wildman–Crippen MR) is 214 cm³/mol. The van der Waals surface area contributed by atoms with Gasteiger partial charge in [0.15, 0.2) is 17.9 Å². The normalized spacial score (nSPS) is 26.3. The van der Waals surface area contributed by atoms with Crippen LogP contribution in [0.2, 0.25) is 0 Å². The first kappa shape index (κ1) is 47.1. The van der Waals surface area contributed by atoms with Crippen molar-refractivity contribution in [2.75, 3.05) is 0 Å². The Kier molecular flexibility index (Phi) is 22.8. The van der Waals surface area contributed by atoms with Gasteiger partial charge in [-0.3, -0.25) is 14.4 Å². The molecule has 1 amide bonds. The lowest BCUT2D eigenvalue weighted by Crippen LogP contribution is -2.57. The van der Waals surface area contributed by atoms with E-state index in [-0.39, 0.29) is 42.3 Å². The summed E-state index contributed by atoms with van der Waals surface area (Å²) < 4.78 is 11.4. The van der Waals surface area contributed by atoms with E-state index in [1.54, 1.807) is 37.3 Å². The highest BCUT2D eigenvalue weighted by Gasteiger charge is 2.43. The van der Waals surface area contributed by atoms with Gasteiger partial charge in [-0.25, -0.2) is 0 Å². The van der Waals surface area contributed by atoms with Gasteiger partial charge in [-0.15, -0.1) is 0 Å². The molecule has 1 saturated carbocycles. The van der Waals surface area contributed by atoms with E-state index in [1.807, 2.05) is 99.8 Å². The number of carbonyl (C=O) groups excluding carboxylic acids is 3. The average molecular weight is 764 g/mol. The maximum absolute atomic E-state index is 11.8. The number of Topliss-reactive ketones (excluding diaryl/α,β-unsaturated/α-hetero) is 2. The van der Waals surface area contributed by atoms with Crippen LogP contribution in [-0.2, 0) is 23.9 Å². The first-order chi connectivity index (χ1) is 26.4. The zero-order valence-electron chi connectivity index (χ0n) is 32.4. The van der Waals surface area contributed by atoms with Gasteiger partial charge in [-0.2, -0.15) is 0 Å². The van der Waals surface area contributed by atoms with Gasteiger partial charge in [0, 0.05) is 30.8 Å². The first-order valence-corrected chi connectivity index (χ1v) is 19.1. The molecule has 302 valence electrons. The standard InChI is InChI=1S/C44H61NO10/c1-5-34(55-44-43(53)42(52)41(51)33(4)54-44)26-22-18-14-10-8-11-15-19-23-27-35(46)32(3)40(50)31(2)25-21-17-13-9-6-7-12-16-20-24-28-38(49)45-39-36(47)29-30-37(39)48/h6-12,14-16,18-25,27-28,31-35,39-44,46,50-53H,5,13,17,26,29-30H2,1-4H3,(H,45,49)/b9-6?,11-8?,12-7+,14-10?,19-15?,20-16?,22-18?,25-21?,27-23?,28-24?. The molecule has 11 nitrogen and oxygen atoms in total.